The first-order valence-corrected chi connectivity index (χ1v) is 6.28. The fourth-order valence-electron chi connectivity index (χ4n) is 1.86. The topological polar surface area (TPSA) is 72.9 Å². The number of nitrogens with two attached hydrogens (primary N) is 1. The minimum absolute atomic E-state index is 0. The number of carbonyl (C=O) groups is 1. The maximum atomic E-state index is 12.0. The Morgan fingerprint density at radius 1 is 1.45 bits per heavy atom. The number of nitrogens with one attached hydrogen (secondary N) is 1. The predicted octanol–water partition coefficient (Wildman–Crippen LogP) is 2.02. The van der Waals surface area contributed by atoms with Gasteiger partial charge in [-0.3, -0.25) is 9.48 Å². The van der Waals surface area contributed by atoms with Gasteiger partial charge in [0.1, 0.15) is 0 Å². The van der Waals surface area contributed by atoms with Gasteiger partial charge in [0, 0.05) is 36.7 Å². The van der Waals surface area contributed by atoms with Crippen LogP contribution in [0, 0.1) is 6.92 Å². The lowest BCUT2D eigenvalue weighted by Crippen LogP contribution is -2.26. The van der Waals surface area contributed by atoms with Gasteiger partial charge in [-0.2, -0.15) is 5.10 Å². The summed E-state index contributed by atoms with van der Waals surface area (Å²) in [4.78, 5) is 12.0. The molecule has 0 aliphatic rings. The standard InChI is InChI=1S/C14H18N4O.ClH/c1-11-4-5-12(15)10-13(11)14(19)16-6-2-8-18-9-3-7-17-18;/h3-5,7,9-10H,2,6,8,15H2,1H3,(H,16,19);1H. The van der Waals surface area contributed by atoms with E-state index in [9.17, 15) is 4.79 Å². The van der Waals surface area contributed by atoms with Crippen LogP contribution < -0.4 is 11.1 Å². The highest BCUT2D eigenvalue weighted by atomic mass is 35.5. The van der Waals surface area contributed by atoms with E-state index in [1.165, 1.54) is 0 Å². The van der Waals surface area contributed by atoms with Gasteiger partial charge in [-0.25, -0.2) is 0 Å². The number of nitrogen functional groups attached to an aromatic ring is 1. The summed E-state index contributed by atoms with van der Waals surface area (Å²) in [6.45, 7) is 3.31. The molecule has 1 aromatic heterocycles. The van der Waals surface area contributed by atoms with Crippen molar-refractivity contribution in [1.29, 1.82) is 0 Å². The van der Waals surface area contributed by atoms with Crippen molar-refractivity contribution >= 4 is 24.0 Å². The van der Waals surface area contributed by atoms with Crippen LogP contribution in [0.3, 0.4) is 0 Å². The Morgan fingerprint density at radius 2 is 2.25 bits per heavy atom. The predicted molar refractivity (Wildman–Crippen MR) is 82.0 cm³/mol. The molecular formula is C14H19ClN4O. The molecule has 0 unspecified atom stereocenters. The van der Waals surface area contributed by atoms with Crippen LogP contribution in [0.15, 0.2) is 36.7 Å². The molecule has 0 radical (unpaired) electrons. The van der Waals surface area contributed by atoms with Gasteiger partial charge in [-0.15, -0.1) is 12.4 Å². The van der Waals surface area contributed by atoms with Crippen molar-refractivity contribution in [3.63, 3.8) is 0 Å². The molecule has 20 heavy (non-hydrogen) atoms. The first-order chi connectivity index (χ1) is 9.16. The Hall–Kier alpha value is -2.01. The molecule has 3 N–H and O–H groups in total. The second-order valence-electron chi connectivity index (χ2n) is 4.45. The summed E-state index contributed by atoms with van der Waals surface area (Å²) >= 11 is 0. The Bertz CT molecular complexity index is 554. The zero-order chi connectivity index (χ0) is 13.7. The molecular weight excluding hydrogens is 276 g/mol. The summed E-state index contributed by atoms with van der Waals surface area (Å²) in [6, 6.07) is 7.24. The molecule has 0 saturated heterocycles. The van der Waals surface area contributed by atoms with E-state index in [2.05, 4.69) is 10.4 Å². The van der Waals surface area contributed by atoms with Gasteiger partial charge >= 0.3 is 0 Å². The number of anilines is 1. The smallest absolute Gasteiger partial charge is 0.251 e. The zero-order valence-electron chi connectivity index (χ0n) is 11.4. The Morgan fingerprint density at radius 3 is 2.95 bits per heavy atom. The summed E-state index contributed by atoms with van der Waals surface area (Å²) in [5, 5.41) is 7.00. The second-order valence-corrected chi connectivity index (χ2v) is 4.45. The number of hydrogen-bond acceptors (Lipinski definition) is 3. The van der Waals surface area contributed by atoms with Crippen LogP contribution in [-0.2, 0) is 6.54 Å². The van der Waals surface area contributed by atoms with E-state index in [1.54, 1.807) is 18.3 Å². The number of nitrogens with zero attached hydrogens (tertiary/aromatic N) is 2. The average Bonchev–Trinajstić information content (AvgIpc) is 2.90. The molecule has 2 aromatic rings. The minimum Gasteiger partial charge on any atom is -0.399 e. The van der Waals surface area contributed by atoms with Crippen LogP contribution in [0.4, 0.5) is 5.69 Å². The molecule has 108 valence electrons. The summed E-state index contributed by atoms with van der Waals surface area (Å²) in [5.74, 6) is -0.0785. The van der Waals surface area contributed by atoms with Crippen LogP contribution in [0.1, 0.15) is 22.3 Å². The van der Waals surface area contributed by atoms with Gasteiger partial charge in [-0.1, -0.05) is 6.07 Å². The third kappa shape index (κ3) is 4.28. The highest BCUT2D eigenvalue weighted by Gasteiger charge is 2.08. The van der Waals surface area contributed by atoms with E-state index < -0.39 is 0 Å². The number of aryl methyl sites for hydroxylation is 2. The molecule has 0 atom stereocenters. The largest absolute Gasteiger partial charge is 0.399 e. The van der Waals surface area contributed by atoms with E-state index in [4.69, 9.17) is 5.73 Å². The first-order valence-electron chi connectivity index (χ1n) is 6.28. The van der Waals surface area contributed by atoms with E-state index in [1.807, 2.05) is 29.9 Å². The second kappa shape index (κ2) is 7.55. The highest BCUT2D eigenvalue weighted by Crippen LogP contribution is 2.12. The molecule has 0 spiro atoms. The average molecular weight is 295 g/mol. The minimum atomic E-state index is -0.0785. The van der Waals surface area contributed by atoms with Crippen molar-refractivity contribution in [3.8, 4) is 0 Å². The number of halogens is 1. The Balaban J connectivity index is 0.00000200. The van der Waals surface area contributed by atoms with Crippen molar-refractivity contribution in [1.82, 2.24) is 15.1 Å². The van der Waals surface area contributed by atoms with Crippen molar-refractivity contribution in [3.05, 3.63) is 47.8 Å². The van der Waals surface area contributed by atoms with Gasteiger partial charge in [0.25, 0.3) is 5.91 Å². The fraction of sp³-hybridized carbons (Fsp3) is 0.286. The van der Waals surface area contributed by atoms with E-state index in [-0.39, 0.29) is 18.3 Å². The monoisotopic (exact) mass is 294 g/mol. The lowest BCUT2D eigenvalue weighted by atomic mass is 10.1. The van der Waals surface area contributed by atoms with E-state index in [0.717, 1.165) is 18.5 Å². The number of aromatic nitrogens is 2. The van der Waals surface area contributed by atoms with Crippen LogP contribution >= 0.6 is 12.4 Å². The molecule has 1 amide bonds. The number of carbonyl (C=O) groups excluding carboxylic acids is 1. The van der Waals surface area contributed by atoms with Crippen molar-refractivity contribution < 1.29 is 4.79 Å². The third-order valence-electron chi connectivity index (χ3n) is 2.91. The highest BCUT2D eigenvalue weighted by molar-refractivity contribution is 5.96. The Kier molecular flexibility index (Phi) is 6.06. The van der Waals surface area contributed by atoms with Gasteiger partial charge in [0.15, 0.2) is 0 Å². The maximum absolute atomic E-state index is 12.0. The van der Waals surface area contributed by atoms with Gasteiger partial charge in [-0.05, 0) is 37.1 Å². The summed E-state index contributed by atoms with van der Waals surface area (Å²) < 4.78 is 1.85. The van der Waals surface area contributed by atoms with Gasteiger partial charge in [0.05, 0.1) is 0 Å². The lowest BCUT2D eigenvalue weighted by molar-refractivity contribution is 0.0952. The SMILES string of the molecule is Cc1ccc(N)cc1C(=O)NCCCn1cccn1.Cl. The maximum Gasteiger partial charge on any atom is 0.251 e. The fourth-order valence-corrected chi connectivity index (χ4v) is 1.86. The summed E-state index contributed by atoms with van der Waals surface area (Å²) in [6.07, 6.45) is 4.49. The molecule has 0 aliphatic heterocycles. The van der Waals surface area contributed by atoms with E-state index in [0.29, 0.717) is 17.8 Å². The number of rotatable bonds is 5. The van der Waals surface area contributed by atoms with E-state index >= 15 is 0 Å². The molecule has 6 heteroatoms. The van der Waals surface area contributed by atoms with Crippen LogP contribution in [0.5, 0.6) is 0 Å². The molecule has 0 bridgehead atoms. The summed E-state index contributed by atoms with van der Waals surface area (Å²) in [5.41, 5.74) is 7.86. The number of amides is 1. The quantitative estimate of drug-likeness (QED) is 0.654. The van der Waals surface area contributed by atoms with Gasteiger partial charge < -0.3 is 11.1 Å². The Labute approximate surface area is 124 Å². The molecule has 0 fully saturated rings. The van der Waals surface area contributed by atoms with Crippen LogP contribution in [-0.4, -0.2) is 22.2 Å². The summed E-state index contributed by atoms with van der Waals surface area (Å²) in [7, 11) is 0. The molecule has 2 rings (SSSR count). The third-order valence-corrected chi connectivity index (χ3v) is 2.91. The van der Waals surface area contributed by atoms with Crippen molar-refractivity contribution in [2.75, 3.05) is 12.3 Å². The van der Waals surface area contributed by atoms with Crippen molar-refractivity contribution in [2.45, 2.75) is 19.9 Å². The molecule has 0 aliphatic carbocycles. The number of hydrogen-bond donors (Lipinski definition) is 2. The first kappa shape index (κ1) is 16.0. The normalized spacial score (nSPS) is 9.85. The van der Waals surface area contributed by atoms with Crippen LogP contribution in [0.2, 0.25) is 0 Å². The number of benzene rings is 1. The van der Waals surface area contributed by atoms with Crippen molar-refractivity contribution in [2.24, 2.45) is 0 Å². The van der Waals surface area contributed by atoms with Crippen LogP contribution in [0.25, 0.3) is 0 Å². The lowest BCUT2D eigenvalue weighted by Gasteiger charge is -2.08. The molecule has 0 saturated carbocycles. The zero-order valence-corrected chi connectivity index (χ0v) is 12.2. The molecule has 5 nitrogen and oxygen atoms in total. The van der Waals surface area contributed by atoms with Gasteiger partial charge in [0.2, 0.25) is 0 Å². The molecule has 1 heterocycles. The molecule has 1 aromatic carbocycles.